The van der Waals surface area contributed by atoms with Gasteiger partial charge in [-0.15, -0.1) is 0 Å². The van der Waals surface area contributed by atoms with Crippen LogP contribution in [0.1, 0.15) is 64.5 Å². The van der Waals surface area contributed by atoms with Crippen LogP contribution < -0.4 is 0 Å². The molecular formula is C18H27BrO. The number of benzene rings is 1. The van der Waals surface area contributed by atoms with E-state index in [-0.39, 0.29) is 5.41 Å². The fraction of sp³-hybridized carbons (Fsp3) is 0.667. The number of hydrogen-bond acceptors (Lipinski definition) is 1. The van der Waals surface area contributed by atoms with Crippen LogP contribution in [-0.4, -0.2) is 5.11 Å². The van der Waals surface area contributed by atoms with E-state index in [1.165, 1.54) is 5.56 Å². The normalized spacial score (nSPS) is 24.1. The molecule has 1 aliphatic rings. The Balaban J connectivity index is 2.51. The van der Waals surface area contributed by atoms with Crippen LogP contribution in [0, 0.1) is 11.3 Å². The maximum absolute atomic E-state index is 11.7. The van der Waals surface area contributed by atoms with Crippen LogP contribution in [-0.2, 0) is 12.0 Å². The Labute approximate surface area is 131 Å². The van der Waals surface area contributed by atoms with Gasteiger partial charge in [-0.1, -0.05) is 62.5 Å². The smallest absolute Gasteiger partial charge is 0.0980 e. The number of fused-ring (bicyclic) bond motifs is 1. The largest absolute Gasteiger partial charge is 0.384 e. The van der Waals surface area contributed by atoms with E-state index in [9.17, 15) is 5.11 Å². The lowest BCUT2D eigenvalue weighted by molar-refractivity contribution is -0.113. The van der Waals surface area contributed by atoms with E-state index < -0.39 is 5.60 Å². The second kappa shape index (κ2) is 5.81. The number of halogens is 1. The van der Waals surface area contributed by atoms with Gasteiger partial charge in [0.15, 0.2) is 0 Å². The summed E-state index contributed by atoms with van der Waals surface area (Å²) in [6.07, 6.45) is 5.43. The first-order chi connectivity index (χ1) is 9.36. The van der Waals surface area contributed by atoms with Gasteiger partial charge in [0.1, 0.15) is 0 Å². The van der Waals surface area contributed by atoms with E-state index in [1.54, 1.807) is 0 Å². The van der Waals surface area contributed by atoms with E-state index >= 15 is 0 Å². The molecule has 0 aliphatic heterocycles. The van der Waals surface area contributed by atoms with Gasteiger partial charge < -0.3 is 5.11 Å². The first-order valence-corrected chi connectivity index (χ1v) is 8.67. The number of aliphatic hydroxyl groups is 1. The van der Waals surface area contributed by atoms with Crippen molar-refractivity contribution in [3.8, 4) is 0 Å². The second-order valence-electron chi connectivity index (χ2n) is 6.90. The van der Waals surface area contributed by atoms with Gasteiger partial charge in [0.05, 0.1) is 5.60 Å². The highest BCUT2D eigenvalue weighted by atomic mass is 79.9. The first kappa shape index (κ1) is 16.0. The lowest BCUT2D eigenvalue weighted by Gasteiger charge is -2.44. The molecule has 0 saturated carbocycles. The Kier molecular flexibility index (Phi) is 4.66. The maximum atomic E-state index is 11.7. The minimum absolute atomic E-state index is 0.0921. The zero-order chi connectivity index (χ0) is 15.0. The molecule has 0 saturated heterocycles. The van der Waals surface area contributed by atoms with Crippen molar-refractivity contribution in [1.29, 1.82) is 0 Å². The minimum atomic E-state index is -0.685. The molecule has 1 N–H and O–H groups in total. The average Bonchev–Trinajstić information content (AvgIpc) is 2.56. The molecular weight excluding hydrogens is 312 g/mol. The van der Waals surface area contributed by atoms with Gasteiger partial charge in [-0.05, 0) is 48.4 Å². The Bertz CT molecular complexity index is 474. The van der Waals surface area contributed by atoms with Crippen LogP contribution >= 0.6 is 15.9 Å². The lowest BCUT2D eigenvalue weighted by atomic mass is 9.65. The van der Waals surface area contributed by atoms with Gasteiger partial charge in [-0.25, -0.2) is 0 Å². The molecule has 0 aromatic heterocycles. The fourth-order valence-electron chi connectivity index (χ4n) is 4.09. The molecule has 1 unspecified atom stereocenters. The molecule has 1 atom stereocenters. The standard InChI is InChI=1S/C18H27BrO/c1-5-7-14(8-6-2)18(20)16-10-9-15(19)11-13(16)12-17(18,3)4/h9-11,14,20H,5-8,12H2,1-4H3. The van der Waals surface area contributed by atoms with Crippen LogP contribution in [0.25, 0.3) is 0 Å². The zero-order valence-electron chi connectivity index (χ0n) is 13.2. The summed E-state index contributed by atoms with van der Waals surface area (Å²) in [4.78, 5) is 0. The van der Waals surface area contributed by atoms with Crippen molar-refractivity contribution < 1.29 is 5.11 Å². The van der Waals surface area contributed by atoms with Crippen molar-refractivity contribution in [2.24, 2.45) is 11.3 Å². The first-order valence-electron chi connectivity index (χ1n) is 7.88. The molecule has 1 aromatic carbocycles. The van der Waals surface area contributed by atoms with E-state index in [1.807, 2.05) is 0 Å². The SMILES string of the molecule is CCCC(CCC)C1(O)c2ccc(Br)cc2CC1(C)C. The summed E-state index contributed by atoms with van der Waals surface area (Å²) in [5.41, 5.74) is 1.70. The number of hydrogen-bond donors (Lipinski definition) is 1. The molecule has 20 heavy (non-hydrogen) atoms. The summed E-state index contributed by atoms with van der Waals surface area (Å²) in [6, 6.07) is 6.39. The predicted octanol–water partition coefficient (Wildman–Crippen LogP) is 5.44. The summed E-state index contributed by atoms with van der Waals surface area (Å²) in [5.74, 6) is 0.356. The molecule has 0 radical (unpaired) electrons. The third-order valence-corrected chi connectivity index (χ3v) is 5.50. The highest BCUT2D eigenvalue weighted by molar-refractivity contribution is 9.10. The minimum Gasteiger partial charge on any atom is -0.384 e. The maximum Gasteiger partial charge on any atom is 0.0980 e. The van der Waals surface area contributed by atoms with E-state index in [2.05, 4.69) is 61.8 Å². The summed E-state index contributed by atoms with van der Waals surface area (Å²) >= 11 is 3.56. The second-order valence-corrected chi connectivity index (χ2v) is 7.82. The van der Waals surface area contributed by atoms with E-state index in [0.29, 0.717) is 5.92 Å². The molecule has 1 aliphatic carbocycles. The molecule has 2 rings (SSSR count). The van der Waals surface area contributed by atoms with Crippen LogP contribution in [0.5, 0.6) is 0 Å². The van der Waals surface area contributed by atoms with Crippen molar-refractivity contribution >= 4 is 15.9 Å². The molecule has 1 aromatic rings. The molecule has 0 spiro atoms. The summed E-state index contributed by atoms with van der Waals surface area (Å²) in [7, 11) is 0. The highest BCUT2D eigenvalue weighted by Crippen LogP contribution is 2.56. The Morgan fingerprint density at radius 1 is 1.20 bits per heavy atom. The molecule has 0 heterocycles. The quantitative estimate of drug-likeness (QED) is 0.758. The predicted molar refractivity (Wildman–Crippen MR) is 88.8 cm³/mol. The molecule has 0 bridgehead atoms. The van der Waals surface area contributed by atoms with Gasteiger partial charge in [-0.3, -0.25) is 0 Å². The van der Waals surface area contributed by atoms with Crippen molar-refractivity contribution in [3.05, 3.63) is 33.8 Å². The van der Waals surface area contributed by atoms with E-state index in [0.717, 1.165) is 42.1 Å². The van der Waals surface area contributed by atoms with Gasteiger partial charge in [0, 0.05) is 9.89 Å². The summed E-state index contributed by atoms with van der Waals surface area (Å²) < 4.78 is 1.11. The lowest BCUT2D eigenvalue weighted by Crippen LogP contribution is -2.45. The van der Waals surface area contributed by atoms with Crippen molar-refractivity contribution in [3.63, 3.8) is 0 Å². The van der Waals surface area contributed by atoms with Crippen molar-refractivity contribution in [2.45, 2.75) is 65.4 Å². The molecule has 0 fully saturated rings. The highest BCUT2D eigenvalue weighted by Gasteiger charge is 2.54. The van der Waals surface area contributed by atoms with Crippen LogP contribution in [0.2, 0.25) is 0 Å². The van der Waals surface area contributed by atoms with Gasteiger partial charge in [-0.2, -0.15) is 0 Å². The third-order valence-electron chi connectivity index (χ3n) is 5.01. The Morgan fingerprint density at radius 3 is 2.35 bits per heavy atom. The Hall–Kier alpha value is -0.340. The van der Waals surface area contributed by atoms with Crippen LogP contribution in [0.15, 0.2) is 22.7 Å². The fourth-order valence-corrected chi connectivity index (χ4v) is 4.50. The zero-order valence-corrected chi connectivity index (χ0v) is 14.8. The summed E-state index contributed by atoms with van der Waals surface area (Å²) in [5, 5.41) is 11.7. The van der Waals surface area contributed by atoms with Crippen LogP contribution in [0.3, 0.4) is 0 Å². The molecule has 0 amide bonds. The topological polar surface area (TPSA) is 20.2 Å². The third kappa shape index (κ3) is 2.46. The van der Waals surface area contributed by atoms with Gasteiger partial charge in [0.25, 0.3) is 0 Å². The molecule has 2 heteroatoms. The van der Waals surface area contributed by atoms with Gasteiger partial charge in [0.2, 0.25) is 0 Å². The monoisotopic (exact) mass is 338 g/mol. The average molecular weight is 339 g/mol. The Morgan fingerprint density at radius 2 is 1.80 bits per heavy atom. The molecule has 112 valence electrons. The summed E-state index contributed by atoms with van der Waals surface area (Å²) in [6.45, 7) is 8.88. The molecule has 1 nitrogen and oxygen atoms in total. The number of rotatable bonds is 5. The van der Waals surface area contributed by atoms with Crippen LogP contribution in [0.4, 0.5) is 0 Å². The van der Waals surface area contributed by atoms with Crippen molar-refractivity contribution in [2.75, 3.05) is 0 Å². The van der Waals surface area contributed by atoms with Crippen molar-refractivity contribution in [1.82, 2.24) is 0 Å². The van der Waals surface area contributed by atoms with E-state index in [4.69, 9.17) is 0 Å². The van der Waals surface area contributed by atoms with Gasteiger partial charge >= 0.3 is 0 Å².